The average molecular weight is 356 g/mol. The number of aryl methyl sites for hydroxylation is 1. The standard InChI is InChI=1S/C18H16F4O3/c1-10-4-15(21)17(16(22)5-10)23-7-11-8-24-18(25-9-11)12-2-3-13(19)14(20)6-12/h2-6,11,18H,7-9H2,1H3. The summed E-state index contributed by atoms with van der Waals surface area (Å²) in [5.41, 5.74) is 0.815. The molecule has 3 nitrogen and oxygen atoms in total. The molecule has 1 fully saturated rings. The third kappa shape index (κ3) is 4.11. The Balaban J connectivity index is 1.55. The van der Waals surface area contributed by atoms with Crippen LogP contribution in [-0.4, -0.2) is 19.8 Å². The average Bonchev–Trinajstić information content (AvgIpc) is 2.57. The summed E-state index contributed by atoms with van der Waals surface area (Å²) in [6, 6.07) is 5.75. The van der Waals surface area contributed by atoms with E-state index in [-0.39, 0.29) is 25.7 Å². The largest absolute Gasteiger partial charge is 0.487 e. The summed E-state index contributed by atoms with van der Waals surface area (Å²) >= 11 is 0. The van der Waals surface area contributed by atoms with Crippen LogP contribution in [0.2, 0.25) is 0 Å². The summed E-state index contributed by atoms with van der Waals surface area (Å²) < 4.78 is 69.8. The summed E-state index contributed by atoms with van der Waals surface area (Å²) in [6.45, 7) is 1.97. The summed E-state index contributed by atoms with van der Waals surface area (Å²) in [5, 5.41) is 0. The van der Waals surface area contributed by atoms with E-state index in [0.717, 1.165) is 12.1 Å². The number of rotatable bonds is 4. The Hall–Kier alpha value is -2.12. The van der Waals surface area contributed by atoms with Gasteiger partial charge in [0.1, 0.15) is 0 Å². The molecule has 25 heavy (non-hydrogen) atoms. The molecule has 0 spiro atoms. The summed E-state index contributed by atoms with van der Waals surface area (Å²) in [7, 11) is 0. The van der Waals surface area contributed by atoms with Crippen LogP contribution in [0.25, 0.3) is 0 Å². The van der Waals surface area contributed by atoms with Gasteiger partial charge >= 0.3 is 0 Å². The molecule has 0 atom stereocenters. The van der Waals surface area contributed by atoms with E-state index in [1.165, 1.54) is 18.2 Å². The van der Waals surface area contributed by atoms with Gasteiger partial charge in [-0.15, -0.1) is 0 Å². The van der Waals surface area contributed by atoms with Crippen molar-refractivity contribution in [2.24, 2.45) is 5.92 Å². The SMILES string of the molecule is Cc1cc(F)c(OCC2COC(c3ccc(F)c(F)c3)OC2)c(F)c1. The predicted molar refractivity (Wildman–Crippen MR) is 81.1 cm³/mol. The number of benzene rings is 2. The van der Waals surface area contributed by atoms with Crippen molar-refractivity contribution >= 4 is 0 Å². The molecule has 7 heteroatoms. The Morgan fingerprint density at radius 3 is 2.16 bits per heavy atom. The first kappa shape index (κ1) is 17.7. The van der Waals surface area contributed by atoms with E-state index in [1.54, 1.807) is 6.92 Å². The van der Waals surface area contributed by atoms with E-state index in [1.807, 2.05) is 0 Å². The van der Waals surface area contributed by atoms with Crippen LogP contribution in [0.3, 0.4) is 0 Å². The first-order chi connectivity index (χ1) is 11.9. The first-order valence-corrected chi connectivity index (χ1v) is 7.70. The molecule has 0 saturated carbocycles. The maximum absolute atomic E-state index is 13.7. The van der Waals surface area contributed by atoms with Crippen molar-refractivity contribution in [3.8, 4) is 5.75 Å². The van der Waals surface area contributed by atoms with Crippen LogP contribution >= 0.6 is 0 Å². The second-order valence-corrected chi connectivity index (χ2v) is 5.91. The highest BCUT2D eigenvalue weighted by Crippen LogP contribution is 2.28. The molecule has 0 amide bonds. The number of hydrogen-bond acceptors (Lipinski definition) is 3. The van der Waals surface area contributed by atoms with Gasteiger partial charge in [0.25, 0.3) is 0 Å². The molecule has 2 aromatic carbocycles. The maximum Gasteiger partial charge on any atom is 0.190 e. The Labute approximate surface area is 142 Å². The minimum Gasteiger partial charge on any atom is -0.487 e. The van der Waals surface area contributed by atoms with Gasteiger partial charge in [0.05, 0.1) is 19.8 Å². The Morgan fingerprint density at radius 1 is 0.920 bits per heavy atom. The van der Waals surface area contributed by atoms with Crippen LogP contribution in [0.5, 0.6) is 5.75 Å². The fourth-order valence-electron chi connectivity index (χ4n) is 2.52. The van der Waals surface area contributed by atoms with E-state index in [9.17, 15) is 17.6 Å². The molecule has 0 aliphatic carbocycles. The number of halogens is 4. The zero-order valence-electron chi connectivity index (χ0n) is 13.4. The van der Waals surface area contributed by atoms with Gasteiger partial charge in [0.15, 0.2) is 35.3 Å². The van der Waals surface area contributed by atoms with E-state index >= 15 is 0 Å². The zero-order valence-corrected chi connectivity index (χ0v) is 13.4. The van der Waals surface area contributed by atoms with Crippen LogP contribution in [0.4, 0.5) is 17.6 Å². The van der Waals surface area contributed by atoms with Crippen LogP contribution in [0.15, 0.2) is 30.3 Å². The van der Waals surface area contributed by atoms with Crippen molar-refractivity contribution in [1.82, 2.24) is 0 Å². The molecule has 0 aromatic heterocycles. The molecular formula is C18H16F4O3. The highest BCUT2D eigenvalue weighted by atomic mass is 19.2. The van der Waals surface area contributed by atoms with Gasteiger partial charge < -0.3 is 14.2 Å². The van der Waals surface area contributed by atoms with Crippen LogP contribution < -0.4 is 4.74 Å². The van der Waals surface area contributed by atoms with Gasteiger partial charge in [-0.1, -0.05) is 6.07 Å². The highest BCUT2D eigenvalue weighted by Gasteiger charge is 2.25. The molecular weight excluding hydrogens is 340 g/mol. The minimum absolute atomic E-state index is 0.00139. The first-order valence-electron chi connectivity index (χ1n) is 7.70. The fourth-order valence-corrected chi connectivity index (χ4v) is 2.52. The van der Waals surface area contributed by atoms with Crippen LogP contribution in [0.1, 0.15) is 17.4 Å². The molecule has 0 unspecified atom stereocenters. The quantitative estimate of drug-likeness (QED) is 0.765. The minimum atomic E-state index is -0.986. The smallest absolute Gasteiger partial charge is 0.190 e. The highest BCUT2D eigenvalue weighted by molar-refractivity contribution is 5.30. The van der Waals surface area contributed by atoms with Gasteiger partial charge in [-0.05, 0) is 36.8 Å². The normalized spacial score (nSPS) is 20.5. The van der Waals surface area contributed by atoms with Crippen molar-refractivity contribution in [1.29, 1.82) is 0 Å². The molecule has 1 aliphatic rings. The van der Waals surface area contributed by atoms with Gasteiger partial charge in [0, 0.05) is 11.5 Å². The van der Waals surface area contributed by atoms with Gasteiger partial charge in [-0.25, -0.2) is 17.6 Å². The van der Waals surface area contributed by atoms with Crippen LogP contribution in [-0.2, 0) is 9.47 Å². The van der Waals surface area contributed by atoms with Crippen LogP contribution in [0, 0.1) is 36.1 Å². The number of hydrogen-bond donors (Lipinski definition) is 0. The molecule has 0 N–H and O–H groups in total. The van der Waals surface area contributed by atoms with Gasteiger partial charge in [0.2, 0.25) is 0 Å². The van der Waals surface area contributed by atoms with E-state index in [2.05, 4.69) is 0 Å². The van der Waals surface area contributed by atoms with E-state index in [0.29, 0.717) is 11.1 Å². The Kier molecular flexibility index (Phi) is 5.24. The Bertz CT molecular complexity index is 735. The zero-order chi connectivity index (χ0) is 18.0. The summed E-state index contributed by atoms with van der Waals surface area (Å²) in [4.78, 5) is 0. The topological polar surface area (TPSA) is 27.7 Å². The molecule has 134 valence electrons. The second kappa shape index (κ2) is 7.41. The predicted octanol–water partition coefficient (Wildman–Crippen LogP) is 4.29. The van der Waals surface area contributed by atoms with E-state index in [4.69, 9.17) is 14.2 Å². The summed E-state index contributed by atoms with van der Waals surface area (Å²) in [5.74, 6) is -4.16. The van der Waals surface area contributed by atoms with Gasteiger partial charge in [-0.3, -0.25) is 0 Å². The molecule has 0 bridgehead atoms. The molecule has 0 radical (unpaired) electrons. The third-order valence-corrected chi connectivity index (χ3v) is 3.79. The van der Waals surface area contributed by atoms with Crippen molar-refractivity contribution in [2.45, 2.75) is 13.2 Å². The van der Waals surface area contributed by atoms with Crippen molar-refractivity contribution < 1.29 is 31.8 Å². The maximum atomic E-state index is 13.7. The molecule has 1 aliphatic heterocycles. The summed E-state index contributed by atoms with van der Waals surface area (Å²) in [6.07, 6.45) is -0.820. The lowest BCUT2D eigenvalue weighted by Crippen LogP contribution is -2.31. The second-order valence-electron chi connectivity index (χ2n) is 5.91. The Morgan fingerprint density at radius 2 is 1.56 bits per heavy atom. The third-order valence-electron chi connectivity index (χ3n) is 3.79. The van der Waals surface area contributed by atoms with E-state index < -0.39 is 35.3 Å². The van der Waals surface area contributed by atoms with Crippen molar-refractivity contribution in [3.63, 3.8) is 0 Å². The lowest BCUT2D eigenvalue weighted by Gasteiger charge is -2.29. The lowest BCUT2D eigenvalue weighted by atomic mass is 10.1. The molecule has 1 saturated heterocycles. The molecule has 1 heterocycles. The lowest BCUT2D eigenvalue weighted by molar-refractivity contribution is -0.208. The molecule has 3 rings (SSSR count). The van der Waals surface area contributed by atoms with Crippen molar-refractivity contribution in [3.05, 3.63) is 64.7 Å². The van der Waals surface area contributed by atoms with Crippen molar-refractivity contribution in [2.75, 3.05) is 19.8 Å². The monoisotopic (exact) mass is 356 g/mol. The molecule has 2 aromatic rings. The fraction of sp³-hybridized carbons (Fsp3) is 0.333. The van der Waals surface area contributed by atoms with Gasteiger partial charge in [-0.2, -0.15) is 0 Å². The number of ether oxygens (including phenoxy) is 3.